The number of pyridine rings is 1. The zero-order valence-electron chi connectivity index (χ0n) is 11.4. The fourth-order valence-electron chi connectivity index (χ4n) is 2.31. The molecule has 108 valence electrons. The second-order valence-corrected chi connectivity index (χ2v) is 4.74. The summed E-state index contributed by atoms with van der Waals surface area (Å²) in [5.41, 5.74) is 7.37. The first-order valence-corrected chi connectivity index (χ1v) is 6.50. The lowest BCUT2D eigenvalue weighted by Gasteiger charge is -2.07. The van der Waals surface area contributed by atoms with Crippen LogP contribution in [0.5, 0.6) is 0 Å². The molecule has 0 atom stereocenters. The minimum Gasteiger partial charge on any atom is -0.366 e. The van der Waals surface area contributed by atoms with Crippen molar-refractivity contribution in [1.29, 1.82) is 0 Å². The average Bonchev–Trinajstić information content (AvgIpc) is 2.53. The van der Waals surface area contributed by atoms with Gasteiger partial charge in [0.05, 0.1) is 21.7 Å². The smallest absolute Gasteiger partial charge is 0.270 e. The molecule has 0 saturated carbocycles. The summed E-state index contributed by atoms with van der Waals surface area (Å²) in [4.78, 5) is 26.5. The third-order valence-electron chi connectivity index (χ3n) is 3.33. The van der Waals surface area contributed by atoms with Crippen LogP contribution in [0, 0.1) is 10.1 Å². The molecule has 2 N–H and O–H groups in total. The molecule has 6 nitrogen and oxygen atoms in total. The number of para-hydroxylation sites is 1. The molecule has 0 fully saturated rings. The van der Waals surface area contributed by atoms with E-state index in [1.165, 1.54) is 12.1 Å². The predicted octanol–water partition coefficient (Wildman–Crippen LogP) is 2.91. The van der Waals surface area contributed by atoms with Gasteiger partial charge in [0.2, 0.25) is 5.91 Å². The Kier molecular flexibility index (Phi) is 3.27. The van der Waals surface area contributed by atoms with Gasteiger partial charge in [-0.15, -0.1) is 0 Å². The van der Waals surface area contributed by atoms with Crippen LogP contribution in [0.25, 0.3) is 22.2 Å². The average molecular weight is 293 g/mol. The Morgan fingerprint density at radius 2 is 1.86 bits per heavy atom. The number of rotatable bonds is 3. The lowest BCUT2D eigenvalue weighted by atomic mass is 10.0. The summed E-state index contributed by atoms with van der Waals surface area (Å²) in [7, 11) is 0. The lowest BCUT2D eigenvalue weighted by molar-refractivity contribution is -0.384. The maximum atomic E-state index is 11.7. The Balaban J connectivity index is 2.25. The number of aromatic nitrogens is 1. The minimum atomic E-state index is -0.565. The van der Waals surface area contributed by atoms with Crippen LogP contribution in [0.4, 0.5) is 5.69 Å². The molecule has 22 heavy (non-hydrogen) atoms. The van der Waals surface area contributed by atoms with Gasteiger partial charge in [0.15, 0.2) is 0 Å². The highest BCUT2D eigenvalue weighted by Crippen LogP contribution is 2.26. The summed E-state index contributed by atoms with van der Waals surface area (Å²) < 4.78 is 0. The third-order valence-corrected chi connectivity index (χ3v) is 3.33. The highest BCUT2D eigenvalue weighted by molar-refractivity contribution is 6.06. The van der Waals surface area contributed by atoms with Crippen LogP contribution < -0.4 is 5.73 Å². The Morgan fingerprint density at radius 3 is 2.59 bits per heavy atom. The van der Waals surface area contributed by atoms with E-state index >= 15 is 0 Å². The molecule has 0 aliphatic heterocycles. The molecule has 1 heterocycles. The largest absolute Gasteiger partial charge is 0.366 e. The highest BCUT2D eigenvalue weighted by Gasteiger charge is 2.13. The van der Waals surface area contributed by atoms with Gasteiger partial charge in [0.1, 0.15) is 0 Å². The summed E-state index contributed by atoms with van der Waals surface area (Å²) in [6, 6.07) is 14.8. The summed E-state index contributed by atoms with van der Waals surface area (Å²) in [6.07, 6.45) is 0. The molecule has 0 bridgehead atoms. The zero-order chi connectivity index (χ0) is 15.7. The van der Waals surface area contributed by atoms with E-state index < -0.39 is 10.8 Å². The van der Waals surface area contributed by atoms with Crippen LogP contribution in [-0.4, -0.2) is 15.8 Å². The molecule has 0 radical (unpaired) electrons. The van der Waals surface area contributed by atoms with Crippen molar-refractivity contribution in [2.75, 3.05) is 0 Å². The van der Waals surface area contributed by atoms with Gasteiger partial charge in [-0.3, -0.25) is 14.9 Å². The van der Waals surface area contributed by atoms with E-state index in [1.807, 2.05) is 0 Å². The second kappa shape index (κ2) is 5.25. The number of non-ortho nitro benzene ring substituents is 1. The number of carbonyl (C=O) groups is 1. The van der Waals surface area contributed by atoms with Crippen LogP contribution in [0.15, 0.2) is 54.6 Å². The van der Waals surface area contributed by atoms with Crippen LogP contribution >= 0.6 is 0 Å². The van der Waals surface area contributed by atoms with Gasteiger partial charge in [-0.25, -0.2) is 4.98 Å². The number of amides is 1. The monoisotopic (exact) mass is 293 g/mol. The van der Waals surface area contributed by atoms with E-state index in [2.05, 4.69) is 4.98 Å². The molecule has 1 amide bonds. The lowest BCUT2D eigenvalue weighted by Crippen LogP contribution is -2.12. The Hall–Kier alpha value is -3.28. The maximum Gasteiger partial charge on any atom is 0.270 e. The standard InChI is InChI=1S/C16H11N3O3/c17-16(20)13-9-15(18-14-7-2-1-6-12(13)14)10-4-3-5-11(8-10)19(21)22/h1-9H,(H2,17,20). The van der Waals surface area contributed by atoms with Crippen molar-refractivity contribution in [3.63, 3.8) is 0 Å². The number of nitrogens with zero attached hydrogens (tertiary/aromatic N) is 2. The van der Waals surface area contributed by atoms with E-state index in [9.17, 15) is 14.9 Å². The van der Waals surface area contributed by atoms with Crippen LogP contribution in [0.1, 0.15) is 10.4 Å². The quantitative estimate of drug-likeness (QED) is 0.592. The predicted molar refractivity (Wildman–Crippen MR) is 82.4 cm³/mol. The fraction of sp³-hybridized carbons (Fsp3) is 0. The van der Waals surface area contributed by atoms with Crippen molar-refractivity contribution >= 4 is 22.5 Å². The molecule has 0 aliphatic carbocycles. The number of hydrogen-bond acceptors (Lipinski definition) is 4. The van der Waals surface area contributed by atoms with Gasteiger partial charge in [0, 0.05) is 23.1 Å². The first-order chi connectivity index (χ1) is 10.6. The van der Waals surface area contributed by atoms with Crippen LogP contribution in [0.3, 0.4) is 0 Å². The van der Waals surface area contributed by atoms with Crippen molar-refractivity contribution in [1.82, 2.24) is 4.98 Å². The SMILES string of the molecule is NC(=O)c1cc(-c2cccc([N+](=O)[O-])c2)nc2ccccc12. The number of hydrogen-bond donors (Lipinski definition) is 1. The Bertz CT molecular complexity index is 906. The normalized spacial score (nSPS) is 10.5. The first-order valence-electron chi connectivity index (χ1n) is 6.50. The van der Waals surface area contributed by atoms with Crippen molar-refractivity contribution in [2.24, 2.45) is 5.73 Å². The zero-order valence-corrected chi connectivity index (χ0v) is 11.4. The minimum absolute atomic E-state index is 0.0342. The van der Waals surface area contributed by atoms with Gasteiger partial charge < -0.3 is 5.73 Å². The Labute approximate surface area is 125 Å². The van der Waals surface area contributed by atoms with Crippen molar-refractivity contribution in [3.05, 3.63) is 70.3 Å². The van der Waals surface area contributed by atoms with Crippen LogP contribution in [0.2, 0.25) is 0 Å². The molecule has 0 unspecified atom stereocenters. The summed E-state index contributed by atoms with van der Waals surface area (Å²) in [5.74, 6) is -0.565. The van der Waals surface area contributed by atoms with Crippen molar-refractivity contribution in [3.8, 4) is 11.3 Å². The van der Waals surface area contributed by atoms with Crippen molar-refractivity contribution in [2.45, 2.75) is 0 Å². The molecule has 6 heteroatoms. The molecular formula is C16H11N3O3. The molecule has 0 saturated heterocycles. The van der Waals surface area contributed by atoms with Gasteiger partial charge >= 0.3 is 0 Å². The maximum absolute atomic E-state index is 11.7. The number of nitro benzene ring substituents is 1. The number of nitrogens with two attached hydrogens (primary N) is 1. The Morgan fingerprint density at radius 1 is 1.09 bits per heavy atom. The summed E-state index contributed by atoms with van der Waals surface area (Å²) in [6.45, 7) is 0. The molecule has 3 aromatic rings. The molecule has 0 aliphatic rings. The molecule has 3 rings (SSSR count). The highest BCUT2D eigenvalue weighted by atomic mass is 16.6. The first kappa shape index (κ1) is 13.7. The molecule has 2 aromatic carbocycles. The number of benzene rings is 2. The number of carbonyl (C=O) groups excluding carboxylic acids is 1. The van der Waals surface area contributed by atoms with Gasteiger partial charge in [-0.2, -0.15) is 0 Å². The van der Waals surface area contributed by atoms with E-state index in [4.69, 9.17) is 5.73 Å². The van der Waals surface area contributed by atoms with Gasteiger partial charge in [-0.1, -0.05) is 30.3 Å². The van der Waals surface area contributed by atoms with E-state index in [-0.39, 0.29) is 5.69 Å². The van der Waals surface area contributed by atoms with Gasteiger partial charge in [-0.05, 0) is 12.1 Å². The number of primary amides is 1. The molecule has 1 aromatic heterocycles. The van der Waals surface area contributed by atoms with Crippen LogP contribution in [-0.2, 0) is 0 Å². The van der Waals surface area contributed by atoms with E-state index in [0.29, 0.717) is 27.7 Å². The van der Waals surface area contributed by atoms with Crippen molar-refractivity contribution < 1.29 is 9.72 Å². The second-order valence-electron chi connectivity index (χ2n) is 4.74. The van der Waals surface area contributed by atoms with Gasteiger partial charge in [0.25, 0.3) is 5.69 Å². The third kappa shape index (κ3) is 2.37. The van der Waals surface area contributed by atoms with E-state index in [1.54, 1.807) is 42.5 Å². The summed E-state index contributed by atoms with van der Waals surface area (Å²) in [5, 5.41) is 11.5. The number of fused-ring (bicyclic) bond motifs is 1. The molecular weight excluding hydrogens is 282 g/mol. The molecule has 0 spiro atoms. The number of nitro groups is 1. The van der Waals surface area contributed by atoms with E-state index in [0.717, 1.165) is 0 Å². The fourth-order valence-corrected chi connectivity index (χ4v) is 2.31. The topological polar surface area (TPSA) is 99.1 Å². The summed E-state index contributed by atoms with van der Waals surface area (Å²) >= 11 is 0.